The number of nitrogens with zero attached hydrogens (tertiary/aromatic N) is 2. The SMILES string of the molecule is CN(C(=O)c1ccc(-c2nc3ccccc3o2)cc1F)[C@@H]1CC[C@H](NC(=O)C2CCCO2)C1. The van der Waals surface area contributed by atoms with Crippen molar-refractivity contribution in [2.45, 2.75) is 50.3 Å². The summed E-state index contributed by atoms with van der Waals surface area (Å²) in [4.78, 5) is 31.3. The highest BCUT2D eigenvalue weighted by Gasteiger charge is 2.34. The molecule has 1 saturated carbocycles. The molecule has 5 rings (SSSR count). The molecule has 7 nitrogen and oxygen atoms in total. The summed E-state index contributed by atoms with van der Waals surface area (Å²) in [5.41, 5.74) is 1.79. The Labute approximate surface area is 190 Å². The molecule has 8 heteroatoms. The average Bonchev–Trinajstić information content (AvgIpc) is 3.58. The minimum atomic E-state index is -0.618. The lowest BCUT2D eigenvalue weighted by Gasteiger charge is -2.25. The molecule has 1 saturated heterocycles. The maximum atomic E-state index is 14.9. The van der Waals surface area contributed by atoms with Crippen LogP contribution < -0.4 is 5.32 Å². The molecule has 2 fully saturated rings. The number of benzene rings is 2. The molecule has 1 aromatic heterocycles. The predicted molar refractivity (Wildman–Crippen MR) is 120 cm³/mol. The predicted octanol–water partition coefficient (Wildman–Crippen LogP) is 3.92. The molecule has 3 atom stereocenters. The average molecular weight is 451 g/mol. The summed E-state index contributed by atoms with van der Waals surface area (Å²) in [5.74, 6) is -0.767. The largest absolute Gasteiger partial charge is 0.436 e. The number of hydrogen-bond donors (Lipinski definition) is 1. The maximum absolute atomic E-state index is 14.9. The highest BCUT2D eigenvalue weighted by Crippen LogP contribution is 2.28. The van der Waals surface area contributed by atoms with Crippen LogP contribution >= 0.6 is 0 Å². The van der Waals surface area contributed by atoms with Crippen molar-refractivity contribution in [1.82, 2.24) is 15.2 Å². The van der Waals surface area contributed by atoms with Gasteiger partial charge in [-0.25, -0.2) is 9.37 Å². The smallest absolute Gasteiger partial charge is 0.256 e. The summed E-state index contributed by atoms with van der Waals surface area (Å²) in [6.45, 7) is 0.624. The lowest BCUT2D eigenvalue weighted by molar-refractivity contribution is -0.130. The van der Waals surface area contributed by atoms with Gasteiger partial charge in [0.2, 0.25) is 11.8 Å². The van der Waals surface area contributed by atoms with E-state index in [4.69, 9.17) is 9.15 Å². The number of fused-ring (bicyclic) bond motifs is 1. The van der Waals surface area contributed by atoms with Gasteiger partial charge < -0.3 is 19.4 Å². The summed E-state index contributed by atoms with van der Waals surface area (Å²) in [5, 5.41) is 3.04. The van der Waals surface area contributed by atoms with Gasteiger partial charge in [-0.2, -0.15) is 0 Å². The van der Waals surface area contributed by atoms with Gasteiger partial charge in [0.05, 0.1) is 5.56 Å². The Kier molecular flexibility index (Phi) is 5.85. The Bertz CT molecular complexity index is 1150. The van der Waals surface area contributed by atoms with Crippen LogP contribution in [0.1, 0.15) is 42.5 Å². The fourth-order valence-corrected chi connectivity index (χ4v) is 4.69. The van der Waals surface area contributed by atoms with E-state index < -0.39 is 5.82 Å². The molecule has 1 aliphatic heterocycles. The van der Waals surface area contributed by atoms with Gasteiger partial charge in [-0.15, -0.1) is 0 Å². The number of aromatic nitrogens is 1. The van der Waals surface area contributed by atoms with Crippen molar-refractivity contribution >= 4 is 22.9 Å². The minimum absolute atomic E-state index is 0.00389. The molecule has 2 amide bonds. The van der Waals surface area contributed by atoms with Crippen molar-refractivity contribution in [1.29, 1.82) is 0 Å². The van der Waals surface area contributed by atoms with Crippen LogP contribution in [0, 0.1) is 5.82 Å². The highest BCUT2D eigenvalue weighted by atomic mass is 19.1. The van der Waals surface area contributed by atoms with Crippen molar-refractivity contribution in [2.75, 3.05) is 13.7 Å². The van der Waals surface area contributed by atoms with Crippen LogP contribution in [0.15, 0.2) is 46.9 Å². The van der Waals surface area contributed by atoms with Gasteiger partial charge in [0.1, 0.15) is 17.4 Å². The molecule has 0 bridgehead atoms. The molecule has 0 spiro atoms. The van der Waals surface area contributed by atoms with Crippen LogP contribution in [-0.4, -0.2) is 53.5 Å². The second kappa shape index (κ2) is 8.94. The van der Waals surface area contributed by atoms with Crippen LogP contribution in [0.25, 0.3) is 22.6 Å². The summed E-state index contributed by atoms with van der Waals surface area (Å²) < 4.78 is 26.1. The van der Waals surface area contributed by atoms with E-state index in [1.165, 1.54) is 12.1 Å². The van der Waals surface area contributed by atoms with E-state index >= 15 is 0 Å². The molecule has 1 N–H and O–H groups in total. The van der Waals surface area contributed by atoms with Gasteiger partial charge in [0.25, 0.3) is 5.91 Å². The Morgan fingerprint density at radius 3 is 2.76 bits per heavy atom. The monoisotopic (exact) mass is 451 g/mol. The van der Waals surface area contributed by atoms with Crippen molar-refractivity contribution < 1.29 is 23.1 Å². The zero-order chi connectivity index (χ0) is 22.9. The molecule has 33 heavy (non-hydrogen) atoms. The number of carbonyl (C=O) groups excluding carboxylic acids is 2. The molecule has 1 aliphatic carbocycles. The Balaban J connectivity index is 1.24. The number of carbonyl (C=O) groups is 2. The van der Waals surface area contributed by atoms with Gasteiger partial charge >= 0.3 is 0 Å². The number of ether oxygens (including phenoxy) is 1. The van der Waals surface area contributed by atoms with Gasteiger partial charge in [-0.3, -0.25) is 9.59 Å². The van der Waals surface area contributed by atoms with Gasteiger partial charge in [-0.1, -0.05) is 12.1 Å². The lowest BCUT2D eigenvalue weighted by Crippen LogP contribution is -2.42. The maximum Gasteiger partial charge on any atom is 0.256 e. The molecule has 2 aromatic carbocycles. The van der Waals surface area contributed by atoms with E-state index in [9.17, 15) is 14.0 Å². The van der Waals surface area contributed by atoms with Crippen LogP contribution in [-0.2, 0) is 9.53 Å². The molecule has 1 unspecified atom stereocenters. The second-order valence-corrected chi connectivity index (χ2v) is 8.77. The van der Waals surface area contributed by atoms with Crippen LogP contribution in [0.3, 0.4) is 0 Å². The topological polar surface area (TPSA) is 84.7 Å². The first-order chi connectivity index (χ1) is 16.0. The summed E-state index contributed by atoms with van der Waals surface area (Å²) in [7, 11) is 1.69. The number of halogens is 1. The first kappa shape index (κ1) is 21.6. The number of nitrogens with one attached hydrogen (secondary N) is 1. The molecular formula is C25H26FN3O4. The minimum Gasteiger partial charge on any atom is -0.436 e. The van der Waals surface area contributed by atoms with Crippen molar-refractivity contribution in [3.8, 4) is 11.5 Å². The van der Waals surface area contributed by atoms with E-state index in [1.54, 1.807) is 24.1 Å². The molecule has 172 valence electrons. The normalized spacial score (nSPS) is 22.5. The van der Waals surface area contributed by atoms with Gasteiger partial charge in [0, 0.05) is 31.3 Å². The summed E-state index contributed by atoms with van der Waals surface area (Å²) >= 11 is 0. The van der Waals surface area contributed by atoms with Crippen molar-refractivity contribution in [3.63, 3.8) is 0 Å². The van der Waals surface area contributed by atoms with Crippen molar-refractivity contribution in [3.05, 3.63) is 53.8 Å². The van der Waals surface area contributed by atoms with Gasteiger partial charge in [-0.05, 0) is 62.4 Å². The fraction of sp³-hybridized carbons (Fsp3) is 0.400. The van der Waals surface area contributed by atoms with E-state index in [-0.39, 0.29) is 35.6 Å². The third-order valence-electron chi connectivity index (χ3n) is 6.58. The summed E-state index contributed by atoms with van der Waals surface area (Å²) in [6, 6.07) is 11.7. The molecule has 2 aliphatic rings. The van der Waals surface area contributed by atoms with Crippen molar-refractivity contribution in [2.24, 2.45) is 0 Å². The standard InChI is InChI=1S/C25H26FN3O4/c1-29(17-10-9-16(14-17)27-23(30)22-7-4-12-32-22)25(31)18-11-8-15(13-19(18)26)24-28-20-5-2-3-6-21(20)33-24/h2-3,5-6,8,11,13,16-17,22H,4,7,9-10,12,14H2,1H3,(H,27,30)/t16-,17+,22?/m0/s1. The van der Waals surface area contributed by atoms with E-state index in [1.807, 2.05) is 18.2 Å². The Hall–Kier alpha value is -3.26. The number of oxazole rings is 1. The first-order valence-corrected chi connectivity index (χ1v) is 11.3. The van der Waals surface area contributed by atoms with Crippen LogP contribution in [0.2, 0.25) is 0 Å². The quantitative estimate of drug-likeness (QED) is 0.636. The molecule has 3 aromatic rings. The Morgan fingerprint density at radius 1 is 1.15 bits per heavy atom. The molecule has 0 radical (unpaired) electrons. The number of para-hydroxylation sites is 2. The van der Waals surface area contributed by atoms with E-state index in [0.717, 1.165) is 25.7 Å². The van der Waals surface area contributed by atoms with Gasteiger partial charge in [0.15, 0.2) is 5.58 Å². The van der Waals surface area contributed by atoms with E-state index in [0.29, 0.717) is 35.6 Å². The van der Waals surface area contributed by atoms with E-state index in [2.05, 4.69) is 10.3 Å². The number of hydrogen-bond acceptors (Lipinski definition) is 5. The Morgan fingerprint density at radius 2 is 2.00 bits per heavy atom. The first-order valence-electron chi connectivity index (χ1n) is 11.3. The second-order valence-electron chi connectivity index (χ2n) is 8.77. The van der Waals surface area contributed by atoms with Crippen LogP contribution in [0.5, 0.6) is 0 Å². The fourth-order valence-electron chi connectivity index (χ4n) is 4.69. The summed E-state index contributed by atoms with van der Waals surface area (Å²) in [6.07, 6.45) is 3.46. The lowest BCUT2D eigenvalue weighted by atomic mass is 10.1. The number of amides is 2. The highest BCUT2D eigenvalue weighted by molar-refractivity contribution is 5.95. The zero-order valence-electron chi connectivity index (χ0n) is 18.4. The third-order valence-corrected chi connectivity index (χ3v) is 6.58. The molecular weight excluding hydrogens is 425 g/mol. The number of rotatable bonds is 5. The third kappa shape index (κ3) is 4.35. The molecule has 2 heterocycles. The zero-order valence-corrected chi connectivity index (χ0v) is 18.4. The van der Waals surface area contributed by atoms with Crippen LogP contribution in [0.4, 0.5) is 4.39 Å².